The normalized spacial score (nSPS) is 11.8. The van der Waals surface area contributed by atoms with Gasteiger partial charge in [0, 0.05) is 10.7 Å². The molecule has 0 radical (unpaired) electrons. The molecule has 8 heteroatoms. The van der Waals surface area contributed by atoms with Crippen molar-refractivity contribution in [2.75, 3.05) is 0 Å². The molecule has 0 bridgehead atoms. The summed E-state index contributed by atoms with van der Waals surface area (Å²) in [5.41, 5.74) is 0.621. The number of hydrogen-bond acceptors (Lipinski definition) is 3. The Labute approximate surface area is 112 Å². The molecule has 4 nitrogen and oxygen atoms in total. The average Bonchev–Trinajstić information content (AvgIpc) is 2.54. The molecule has 0 saturated heterocycles. The average molecular weight is 309 g/mol. The Hall–Kier alpha value is -1.11. The van der Waals surface area contributed by atoms with Crippen LogP contribution in [0.1, 0.15) is 5.69 Å². The molecule has 0 unspecified atom stereocenters. The van der Waals surface area contributed by atoms with E-state index in [0.717, 1.165) is 0 Å². The van der Waals surface area contributed by atoms with Gasteiger partial charge in [0.15, 0.2) is 5.15 Å². The van der Waals surface area contributed by atoms with Crippen molar-refractivity contribution in [2.45, 2.75) is 11.8 Å². The van der Waals surface area contributed by atoms with Crippen LogP contribution in [-0.2, 0) is 9.05 Å². The molecular weight excluding hydrogens is 302 g/mol. The van der Waals surface area contributed by atoms with Gasteiger partial charge in [-0.25, -0.2) is 17.5 Å². The topological polar surface area (TPSA) is 52.0 Å². The summed E-state index contributed by atoms with van der Waals surface area (Å²) in [7, 11) is 1.29. The lowest BCUT2D eigenvalue weighted by Crippen LogP contribution is -1.97. The molecule has 2 rings (SSSR count). The van der Waals surface area contributed by atoms with E-state index in [1.807, 2.05) is 0 Å². The third-order valence-corrected chi connectivity index (χ3v) is 4.17. The summed E-state index contributed by atoms with van der Waals surface area (Å²) in [5.74, 6) is -0.413. The summed E-state index contributed by atoms with van der Waals surface area (Å²) < 4.78 is 36.7. The van der Waals surface area contributed by atoms with Gasteiger partial charge in [-0.2, -0.15) is 5.10 Å². The summed E-state index contributed by atoms with van der Waals surface area (Å²) in [6.07, 6.45) is 0. The Morgan fingerprint density at radius 2 is 1.83 bits per heavy atom. The van der Waals surface area contributed by atoms with Gasteiger partial charge in [-0.05, 0) is 31.2 Å². The highest BCUT2D eigenvalue weighted by Crippen LogP contribution is 2.29. The van der Waals surface area contributed by atoms with Crippen molar-refractivity contribution < 1.29 is 12.8 Å². The van der Waals surface area contributed by atoms with Crippen molar-refractivity contribution in [3.63, 3.8) is 0 Å². The van der Waals surface area contributed by atoms with Crippen molar-refractivity contribution in [1.82, 2.24) is 9.78 Å². The van der Waals surface area contributed by atoms with E-state index < -0.39 is 14.9 Å². The van der Waals surface area contributed by atoms with Gasteiger partial charge in [0.25, 0.3) is 9.05 Å². The number of hydrogen-bond donors (Lipinski definition) is 0. The van der Waals surface area contributed by atoms with Crippen LogP contribution in [0, 0.1) is 12.7 Å². The maximum atomic E-state index is 12.8. The molecule has 0 N–H and O–H groups in total. The fourth-order valence-electron chi connectivity index (χ4n) is 1.52. The number of nitrogens with zero attached hydrogens (tertiary/aromatic N) is 2. The molecule has 0 fully saturated rings. The highest BCUT2D eigenvalue weighted by molar-refractivity contribution is 8.13. The molecule has 1 aromatic carbocycles. The van der Waals surface area contributed by atoms with Crippen molar-refractivity contribution >= 4 is 31.3 Å². The van der Waals surface area contributed by atoms with Crippen LogP contribution in [0.15, 0.2) is 29.2 Å². The number of benzene rings is 1. The van der Waals surface area contributed by atoms with Crippen LogP contribution in [0.2, 0.25) is 5.15 Å². The van der Waals surface area contributed by atoms with Gasteiger partial charge in [0.2, 0.25) is 0 Å². The van der Waals surface area contributed by atoms with Gasteiger partial charge in [0.05, 0.1) is 11.4 Å². The van der Waals surface area contributed by atoms with Crippen molar-refractivity contribution in [3.05, 3.63) is 40.9 Å². The first kappa shape index (κ1) is 13.3. The minimum atomic E-state index is -3.98. The Morgan fingerprint density at radius 3 is 2.28 bits per heavy atom. The van der Waals surface area contributed by atoms with E-state index in [1.165, 1.54) is 35.9 Å². The second-order valence-corrected chi connectivity index (χ2v) is 6.39. The summed E-state index contributed by atoms with van der Waals surface area (Å²) >= 11 is 5.93. The van der Waals surface area contributed by atoms with Crippen LogP contribution in [0.5, 0.6) is 0 Å². The second kappa shape index (κ2) is 4.53. The monoisotopic (exact) mass is 308 g/mol. The lowest BCUT2D eigenvalue weighted by molar-refractivity contribution is 0.609. The molecule has 0 aliphatic heterocycles. The summed E-state index contributed by atoms with van der Waals surface area (Å²) in [5, 5.41) is 3.84. The van der Waals surface area contributed by atoms with Crippen LogP contribution in [0.4, 0.5) is 4.39 Å². The Morgan fingerprint density at radius 1 is 1.28 bits per heavy atom. The SMILES string of the molecule is Cc1nn(-c2ccc(F)cc2)c(Cl)c1S(=O)(=O)Cl. The van der Waals surface area contributed by atoms with Gasteiger partial charge in [-0.3, -0.25) is 0 Å². The molecule has 2 aromatic rings. The van der Waals surface area contributed by atoms with Crippen LogP contribution in [-0.4, -0.2) is 18.2 Å². The predicted octanol–water partition coefficient (Wildman–Crippen LogP) is 2.90. The lowest BCUT2D eigenvalue weighted by atomic mass is 10.3. The predicted molar refractivity (Wildman–Crippen MR) is 66.3 cm³/mol. The summed E-state index contributed by atoms with van der Waals surface area (Å²) in [6.45, 7) is 1.47. The van der Waals surface area contributed by atoms with Crippen LogP contribution in [0.3, 0.4) is 0 Å². The minimum Gasteiger partial charge on any atom is -0.221 e. The molecule has 0 aliphatic rings. The van der Waals surface area contributed by atoms with Gasteiger partial charge in [0.1, 0.15) is 10.7 Å². The lowest BCUT2D eigenvalue weighted by Gasteiger charge is -2.02. The Balaban J connectivity index is 2.65. The van der Waals surface area contributed by atoms with Gasteiger partial charge in [-0.15, -0.1) is 0 Å². The molecule has 0 aliphatic carbocycles. The summed E-state index contributed by atoms with van der Waals surface area (Å²) in [4.78, 5) is -0.241. The largest absolute Gasteiger partial charge is 0.266 e. The molecule has 0 amide bonds. The first-order valence-corrected chi connectivity index (χ1v) is 7.45. The molecular formula is C10H7Cl2FN2O2S. The van der Waals surface area contributed by atoms with Crippen LogP contribution < -0.4 is 0 Å². The minimum absolute atomic E-state index is 0.130. The zero-order valence-electron chi connectivity index (χ0n) is 9.06. The van der Waals surface area contributed by atoms with Gasteiger partial charge in [-0.1, -0.05) is 11.6 Å². The van der Waals surface area contributed by atoms with Crippen molar-refractivity contribution in [3.8, 4) is 5.69 Å². The van der Waals surface area contributed by atoms with E-state index in [1.54, 1.807) is 0 Å². The zero-order valence-corrected chi connectivity index (χ0v) is 11.4. The highest BCUT2D eigenvalue weighted by atomic mass is 35.7. The Kier molecular flexibility index (Phi) is 3.35. The smallest absolute Gasteiger partial charge is 0.221 e. The molecule has 1 heterocycles. The van der Waals surface area contributed by atoms with E-state index in [-0.39, 0.29) is 15.7 Å². The van der Waals surface area contributed by atoms with Crippen molar-refractivity contribution in [1.29, 1.82) is 0 Å². The zero-order chi connectivity index (χ0) is 13.5. The maximum Gasteiger partial charge on any atom is 0.266 e. The molecule has 96 valence electrons. The maximum absolute atomic E-state index is 12.8. The number of halogens is 3. The molecule has 0 atom stereocenters. The van der Waals surface area contributed by atoms with E-state index in [4.69, 9.17) is 22.3 Å². The molecule has 18 heavy (non-hydrogen) atoms. The summed E-state index contributed by atoms with van der Waals surface area (Å²) in [6, 6.07) is 5.30. The third kappa shape index (κ3) is 2.36. The fourth-order valence-corrected chi connectivity index (χ4v) is 3.45. The highest BCUT2D eigenvalue weighted by Gasteiger charge is 2.24. The third-order valence-electron chi connectivity index (χ3n) is 2.27. The fraction of sp³-hybridized carbons (Fsp3) is 0.100. The van der Waals surface area contributed by atoms with Crippen LogP contribution in [0.25, 0.3) is 5.69 Å². The van der Waals surface area contributed by atoms with Gasteiger partial charge < -0.3 is 0 Å². The van der Waals surface area contributed by atoms with E-state index >= 15 is 0 Å². The molecule has 0 spiro atoms. The molecule has 0 saturated carbocycles. The van der Waals surface area contributed by atoms with Gasteiger partial charge >= 0.3 is 0 Å². The van der Waals surface area contributed by atoms with E-state index in [0.29, 0.717) is 5.69 Å². The standard InChI is InChI=1S/C10H7Cl2FN2O2S/c1-6-9(18(12,16)17)10(11)15(14-6)8-4-2-7(13)3-5-8/h2-5H,1H3. The van der Waals surface area contributed by atoms with E-state index in [9.17, 15) is 12.8 Å². The number of aromatic nitrogens is 2. The molecule has 1 aromatic heterocycles. The quantitative estimate of drug-likeness (QED) is 0.802. The first-order valence-electron chi connectivity index (χ1n) is 4.76. The Bertz CT molecular complexity index is 695. The van der Waals surface area contributed by atoms with Crippen LogP contribution >= 0.6 is 22.3 Å². The number of aryl methyl sites for hydroxylation is 1. The number of rotatable bonds is 2. The first-order chi connectivity index (χ1) is 8.30. The van der Waals surface area contributed by atoms with Crippen molar-refractivity contribution in [2.24, 2.45) is 0 Å². The van der Waals surface area contributed by atoms with E-state index in [2.05, 4.69) is 5.10 Å². The second-order valence-electron chi connectivity index (χ2n) is 3.53.